The molecule has 1 amide bonds. The van der Waals surface area contributed by atoms with Crippen molar-refractivity contribution in [2.75, 3.05) is 34.0 Å². The average Bonchev–Trinajstić information content (AvgIpc) is 3.42. The van der Waals surface area contributed by atoms with Gasteiger partial charge < -0.3 is 19.5 Å². The SMILES string of the molecule is CCCC[C@@H](CC)COCCCNC(=O)c1cncn1-c1ccc(-c2c(OC)cccc2OC)cc1. The minimum atomic E-state index is -0.155. The third-order valence-electron chi connectivity index (χ3n) is 6.38. The molecule has 7 heteroatoms. The normalized spacial score (nSPS) is 11.8. The van der Waals surface area contributed by atoms with Crippen molar-refractivity contribution in [3.63, 3.8) is 0 Å². The number of carbonyl (C=O) groups excluding carboxylic acids is 1. The number of nitrogens with zero attached hydrogens (tertiary/aromatic N) is 2. The van der Waals surface area contributed by atoms with Crippen molar-refractivity contribution in [2.24, 2.45) is 5.92 Å². The number of nitrogens with one attached hydrogen (secondary N) is 1. The number of imidazole rings is 1. The van der Waals surface area contributed by atoms with Crippen LogP contribution in [-0.2, 0) is 4.74 Å². The van der Waals surface area contributed by atoms with Gasteiger partial charge in [0.15, 0.2) is 0 Å². The first-order chi connectivity index (χ1) is 17.6. The fourth-order valence-corrected chi connectivity index (χ4v) is 4.21. The fraction of sp³-hybridized carbons (Fsp3) is 0.448. The Balaban J connectivity index is 1.57. The first-order valence-electron chi connectivity index (χ1n) is 12.8. The van der Waals surface area contributed by atoms with E-state index in [2.05, 4.69) is 24.1 Å². The van der Waals surface area contributed by atoms with Crippen molar-refractivity contribution in [3.05, 3.63) is 60.7 Å². The Labute approximate surface area is 214 Å². The molecule has 1 atom stereocenters. The van der Waals surface area contributed by atoms with E-state index in [1.165, 1.54) is 19.3 Å². The topological polar surface area (TPSA) is 74.6 Å². The van der Waals surface area contributed by atoms with Gasteiger partial charge in [-0.05, 0) is 48.6 Å². The van der Waals surface area contributed by atoms with Crippen LogP contribution in [0.15, 0.2) is 55.0 Å². The molecular formula is C29H39N3O4. The summed E-state index contributed by atoms with van der Waals surface area (Å²) < 4.78 is 18.7. The van der Waals surface area contributed by atoms with E-state index in [-0.39, 0.29) is 5.91 Å². The van der Waals surface area contributed by atoms with E-state index in [4.69, 9.17) is 14.2 Å². The Kier molecular flexibility index (Phi) is 10.8. The molecule has 0 aliphatic rings. The van der Waals surface area contributed by atoms with Crippen molar-refractivity contribution in [1.29, 1.82) is 0 Å². The lowest BCUT2D eigenvalue weighted by molar-refractivity contribution is 0.0872. The molecular weight excluding hydrogens is 454 g/mol. The van der Waals surface area contributed by atoms with E-state index in [1.807, 2.05) is 42.5 Å². The quantitative estimate of drug-likeness (QED) is 0.267. The maximum Gasteiger partial charge on any atom is 0.269 e. The highest BCUT2D eigenvalue weighted by molar-refractivity contribution is 5.93. The molecule has 36 heavy (non-hydrogen) atoms. The summed E-state index contributed by atoms with van der Waals surface area (Å²) in [6.07, 6.45) is 8.86. The minimum Gasteiger partial charge on any atom is -0.496 e. The van der Waals surface area contributed by atoms with Gasteiger partial charge in [0, 0.05) is 25.4 Å². The van der Waals surface area contributed by atoms with Gasteiger partial charge in [0.25, 0.3) is 5.91 Å². The lowest BCUT2D eigenvalue weighted by atomic mass is 10.0. The molecule has 1 aromatic heterocycles. The smallest absolute Gasteiger partial charge is 0.269 e. The number of benzene rings is 2. The summed E-state index contributed by atoms with van der Waals surface area (Å²) >= 11 is 0. The second kappa shape index (κ2) is 14.3. The van der Waals surface area contributed by atoms with E-state index in [0.29, 0.717) is 24.8 Å². The summed E-state index contributed by atoms with van der Waals surface area (Å²) in [6, 6.07) is 13.6. The summed E-state index contributed by atoms with van der Waals surface area (Å²) in [4.78, 5) is 17.0. The van der Waals surface area contributed by atoms with Gasteiger partial charge in [-0.2, -0.15) is 0 Å². The number of hydrogen-bond donors (Lipinski definition) is 1. The lowest BCUT2D eigenvalue weighted by Crippen LogP contribution is -2.27. The largest absolute Gasteiger partial charge is 0.496 e. The Morgan fingerprint density at radius 2 is 1.75 bits per heavy atom. The lowest BCUT2D eigenvalue weighted by Gasteiger charge is -2.15. The van der Waals surface area contributed by atoms with Crippen LogP contribution >= 0.6 is 0 Å². The van der Waals surface area contributed by atoms with E-state index < -0.39 is 0 Å². The average molecular weight is 494 g/mol. The van der Waals surface area contributed by atoms with E-state index in [0.717, 1.165) is 47.8 Å². The van der Waals surface area contributed by atoms with Crippen LogP contribution < -0.4 is 14.8 Å². The maximum absolute atomic E-state index is 12.8. The van der Waals surface area contributed by atoms with Crippen LogP contribution in [0, 0.1) is 5.92 Å². The maximum atomic E-state index is 12.8. The van der Waals surface area contributed by atoms with Gasteiger partial charge >= 0.3 is 0 Å². The van der Waals surface area contributed by atoms with E-state index in [9.17, 15) is 4.79 Å². The Morgan fingerprint density at radius 3 is 2.39 bits per heavy atom. The zero-order chi connectivity index (χ0) is 25.8. The molecule has 0 fully saturated rings. The first-order valence-corrected chi connectivity index (χ1v) is 12.8. The van der Waals surface area contributed by atoms with Crippen LogP contribution in [0.25, 0.3) is 16.8 Å². The Bertz CT molecular complexity index is 1060. The molecule has 2 aromatic carbocycles. The summed E-state index contributed by atoms with van der Waals surface area (Å²) in [5, 5.41) is 2.99. The number of unbranched alkanes of at least 4 members (excludes halogenated alkanes) is 1. The molecule has 1 heterocycles. The fourth-order valence-electron chi connectivity index (χ4n) is 4.21. The predicted octanol–water partition coefficient (Wildman–Crippen LogP) is 5.91. The van der Waals surface area contributed by atoms with Crippen molar-refractivity contribution >= 4 is 5.91 Å². The van der Waals surface area contributed by atoms with Gasteiger partial charge in [-0.15, -0.1) is 0 Å². The van der Waals surface area contributed by atoms with Gasteiger partial charge in [0.1, 0.15) is 17.2 Å². The molecule has 3 rings (SSSR count). The molecule has 7 nitrogen and oxygen atoms in total. The number of amides is 1. The molecule has 0 radical (unpaired) electrons. The highest BCUT2D eigenvalue weighted by atomic mass is 16.5. The van der Waals surface area contributed by atoms with Crippen molar-refractivity contribution < 1.29 is 19.0 Å². The molecule has 1 N–H and O–H groups in total. The standard InChI is InChI=1S/C29H39N3O4/c1-5-7-10-22(6-2)20-36-18-9-17-31-29(33)25-19-30-21-32(25)24-15-13-23(14-16-24)28-26(34-3)11-8-12-27(28)35-4/h8,11-16,19,21-22H,5-7,9-10,17-18,20H2,1-4H3,(H,31,33)/t22-/m1/s1. The van der Waals surface area contributed by atoms with Crippen LogP contribution in [-0.4, -0.2) is 49.4 Å². The van der Waals surface area contributed by atoms with Crippen LogP contribution in [0.2, 0.25) is 0 Å². The van der Waals surface area contributed by atoms with E-state index >= 15 is 0 Å². The number of rotatable bonds is 15. The van der Waals surface area contributed by atoms with Crippen LogP contribution in [0.5, 0.6) is 11.5 Å². The summed E-state index contributed by atoms with van der Waals surface area (Å²) in [6.45, 7) is 6.44. The van der Waals surface area contributed by atoms with Crippen LogP contribution in [0.1, 0.15) is 56.4 Å². The molecule has 194 valence electrons. The van der Waals surface area contributed by atoms with Gasteiger partial charge in [-0.25, -0.2) is 4.98 Å². The number of carbonyl (C=O) groups is 1. The summed E-state index contributed by atoms with van der Waals surface area (Å²) in [5.74, 6) is 1.95. The van der Waals surface area contributed by atoms with Gasteiger partial charge in [-0.1, -0.05) is 51.3 Å². The van der Waals surface area contributed by atoms with Gasteiger partial charge in [0.05, 0.1) is 32.3 Å². The zero-order valence-corrected chi connectivity index (χ0v) is 22.0. The second-order valence-electron chi connectivity index (χ2n) is 8.83. The minimum absolute atomic E-state index is 0.155. The molecule has 0 aliphatic heterocycles. The number of hydrogen-bond acceptors (Lipinski definition) is 5. The number of ether oxygens (including phenoxy) is 3. The molecule has 0 saturated carbocycles. The third-order valence-corrected chi connectivity index (χ3v) is 6.38. The molecule has 0 saturated heterocycles. The van der Waals surface area contributed by atoms with Crippen LogP contribution in [0.3, 0.4) is 0 Å². The first kappa shape index (κ1) is 27.3. The van der Waals surface area contributed by atoms with Crippen molar-refractivity contribution in [1.82, 2.24) is 14.9 Å². The summed E-state index contributed by atoms with van der Waals surface area (Å²) in [5.41, 5.74) is 3.18. The molecule has 0 unspecified atom stereocenters. The monoisotopic (exact) mass is 493 g/mol. The highest BCUT2D eigenvalue weighted by Crippen LogP contribution is 2.38. The second-order valence-corrected chi connectivity index (χ2v) is 8.83. The van der Waals surface area contributed by atoms with Gasteiger partial charge in [0.2, 0.25) is 0 Å². The Hall–Kier alpha value is -3.32. The summed E-state index contributed by atoms with van der Waals surface area (Å²) in [7, 11) is 3.29. The number of methoxy groups -OCH3 is 2. The van der Waals surface area contributed by atoms with Gasteiger partial charge in [-0.3, -0.25) is 9.36 Å². The highest BCUT2D eigenvalue weighted by Gasteiger charge is 2.15. The van der Waals surface area contributed by atoms with Crippen LogP contribution in [0.4, 0.5) is 0 Å². The molecule has 0 aliphatic carbocycles. The molecule has 3 aromatic rings. The predicted molar refractivity (Wildman–Crippen MR) is 143 cm³/mol. The third kappa shape index (κ3) is 7.10. The molecule has 0 bridgehead atoms. The van der Waals surface area contributed by atoms with Crippen molar-refractivity contribution in [2.45, 2.75) is 46.0 Å². The van der Waals surface area contributed by atoms with Crippen molar-refractivity contribution in [3.8, 4) is 28.3 Å². The number of aromatic nitrogens is 2. The van der Waals surface area contributed by atoms with E-state index in [1.54, 1.807) is 31.3 Å². The molecule has 0 spiro atoms. The zero-order valence-electron chi connectivity index (χ0n) is 22.0. The Morgan fingerprint density at radius 1 is 1.03 bits per heavy atom.